The normalized spacial score (nSPS) is 10.3. The van der Waals surface area contributed by atoms with Gasteiger partial charge in [0.2, 0.25) is 5.91 Å². The first-order chi connectivity index (χ1) is 12.5. The van der Waals surface area contributed by atoms with E-state index in [2.05, 4.69) is 16.0 Å². The highest BCUT2D eigenvalue weighted by Crippen LogP contribution is 2.17. The second-order valence-corrected chi connectivity index (χ2v) is 5.45. The van der Waals surface area contributed by atoms with Crippen molar-refractivity contribution in [3.05, 3.63) is 77.9 Å². The van der Waals surface area contributed by atoms with Crippen molar-refractivity contribution < 1.29 is 19.1 Å². The molecule has 0 aliphatic heterocycles. The number of nitrogens with zero attached hydrogens (tertiary/aromatic N) is 2. The molecule has 8 heteroatoms. The molecule has 1 aromatic heterocycles. The van der Waals surface area contributed by atoms with Gasteiger partial charge in [0, 0.05) is 0 Å². The van der Waals surface area contributed by atoms with Crippen LogP contribution in [0.15, 0.2) is 60.8 Å². The van der Waals surface area contributed by atoms with E-state index in [-0.39, 0.29) is 17.9 Å². The van der Waals surface area contributed by atoms with Crippen molar-refractivity contribution in [1.29, 1.82) is 0 Å². The summed E-state index contributed by atoms with van der Waals surface area (Å²) in [5.41, 5.74) is 5.27. The molecule has 132 valence electrons. The Kier molecular flexibility index (Phi) is 4.93. The lowest BCUT2D eigenvalue weighted by Crippen LogP contribution is -2.42. The molecule has 0 saturated heterocycles. The van der Waals surface area contributed by atoms with Crippen LogP contribution in [0.3, 0.4) is 0 Å². The Morgan fingerprint density at radius 1 is 1.08 bits per heavy atom. The average molecular weight is 354 g/mol. The Labute approximate surface area is 148 Å². The van der Waals surface area contributed by atoms with E-state index in [9.17, 15) is 19.1 Å². The van der Waals surface area contributed by atoms with Crippen LogP contribution in [0.25, 0.3) is 5.69 Å². The van der Waals surface area contributed by atoms with Gasteiger partial charge < -0.3 is 5.11 Å². The van der Waals surface area contributed by atoms with Crippen molar-refractivity contribution in [3.8, 4) is 11.4 Å². The predicted molar refractivity (Wildman–Crippen MR) is 90.9 cm³/mol. The number of para-hydroxylation sites is 1. The molecule has 0 unspecified atom stereocenters. The molecule has 7 nitrogen and oxygen atoms in total. The van der Waals surface area contributed by atoms with Crippen LogP contribution in [0.4, 0.5) is 4.39 Å². The molecule has 0 fully saturated rings. The van der Waals surface area contributed by atoms with Crippen LogP contribution in [0, 0.1) is 5.82 Å². The summed E-state index contributed by atoms with van der Waals surface area (Å²) in [5.74, 6) is -2.09. The van der Waals surface area contributed by atoms with E-state index >= 15 is 0 Å². The van der Waals surface area contributed by atoms with Gasteiger partial charge in [0.15, 0.2) is 11.4 Å². The van der Waals surface area contributed by atoms with Crippen LogP contribution < -0.4 is 10.9 Å². The molecule has 2 aromatic carbocycles. The van der Waals surface area contributed by atoms with Gasteiger partial charge in [0.05, 0.1) is 18.3 Å². The number of hydrogen-bond acceptors (Lipinski definition) is 4. The summed E-state index contributed by atoms with van der Waals surface area (Å²) < 4.78 is 14.4. The zero-order valence-corrected chi connectivity index (χ0v) is 13.5. The summed E-state index contributed by atoms with van der Waals surface area (Å²) in [5, 5.41) is 13.9. The van der Waals surface area contributed by atoms with Crippen LogP contribution in [0.2, 0.25) is 0 Å². The summed E-state index contributed by atoms with van der Waals surface area (Å²) >= 11 is 0. The highest BCUT2D eigenvalue weighted by molar-refractivity contribution is 5.96. The maximum Gasteiger partial charge on any atom is 0.294 e. The van der Waals surface area contributed by atoms with Crippen LogP contribution in [0.5, 0.6) is 5.75 Å². The number of hydrogen-bond donors (Lipinski definition) is 3. The number of carbonyl (C=O) groups excluding carboxylic acids is 2. The smallest absolute Gasteiger partial charge is 0.294 e. The van der Waals surface area contributed by atoms with E-state index in [0.29, 0.717) is 11.3 Å². The van der Waals surface area contributed by atoms with Crippen LogP contribution >= 0.6 is 0 Å². The number of rotatable bonds is 4. The zero-order valence-electron chi connectivity index (χ0n) is 13.5. The van der Waals surface area contributed by atoms with Crippen molar-refractivity contribution in [2.24, 2.45) is 0 Å². The number of carbonyl (C=O) groups is 2. The molecule has 1 heterocycles. The van der Waals surface area contributed by atoms with Crippen molar-refractivity contribution >= 4 is 11.8 Å². The van der Waals surface area contributed by atoms with Crippen molar-refractivity contribution in [1.82, 2.24) is 20.6 Å². The first-order valence-corrected chi connectivity index (χ1v) is 7.70. The highest BCUT2D eigenvalue weighted by atomic mass is 19.1. The fourth-order valence-corrected chi connectivity index (χ4v) is 2.30. The van der Waals surface area contributed by atoms with E-state index in [1.165, 1.54) is 29.1 Å². The minimum atomic E-state index is -0.773. The lowest BCUT2D eigenvalue weighted by Gasteiger charge is -2.06. The number of amides is 2. The molecule has 2 amide bonds. The standard InChI is InChI=1S/C18H15FN4O3/c19-13-6-4-5-12(9-13)10-16(25)20-21-18(26)17-15(24)11-23(22-17)14-7-2-1-3-8-14/h1-9,11,24H,10H2,(H,20,25)(H,21,26). The summed E-state index contributed by atoms with van der Waals surface area (Å²) in [4.78, 5) is 23.9. The molecule has 0 aliphatic carbocycles. The van der Waals surface area contributed by atoms with Gasteiger partial charge in [-0.05, 0) is 29.8 Å². The molecule has 0 aliphatic rings. The molecule has 3 rings (SSSR count). The monoisotopic (exact) mass is 354 g/mol. The molecular weight excluding hydrogens is 339 g/mol. The number of halogens is 1. The van der Waals surface area contributed by atoms with Gasteiger partial charge in [-0.25, -0.2) is 9.07 Å². The van der Waals surface area contributed by atoms with Gasteiger partial charge in [-0.3, -0.25) is 20.4 Å². The van der Waals surface area contributed by atoms with Crippen molar-refractivity contribution in [2.75, 3.05) is 0 Å². The number of aromatic hydroxyl groups is 1. The maximum absolute atomic E-state index is 13.1. The summed E-state index contributed by atoms with van der Waals surface area (Å²) in [6.07, 6.45) is 1.18. The molecule has 3 aromatic rings. The predicted octanol–water partition coefficient (Wildman–Crippen LogP) is 1.72. The molecule has 0 atom stereocenters. The van der Waals surface area contributed by atoms with E-state index in [0.717, 1.165) is 0 Å². The van der Waals surface area contributed by atoms with Gasteiger partial charge in [-0.15, -0.1) is 0 Å². The molecule has 3 N–H and O–H groups in total. The van der Waals surface area contributed by atoms with Crippen LogP contribution in [0.1, 0.15) is 16.1 Å². The molecule has 0 bridgehead atoms. The SMILES string of the molecule is O=C(Cc1cccc(F)c1)NNC(=O)c1nn(-c2ccccc2)cc1O. The van der Waals surface area contributed by atoms with Gasteiger partial charge in [0.1, 0.15) is 5.82 Å². The van der Waals surface area contributed by atoms with Crippen molar-refractivity contribution in [2.45, 2.75) is 6.42 Å². The average Bonchev–Trinajstić information content (AvgIpc) is 3.02. The fourth-order valence-electron chi connectivity index (χ4n) is 2.30. The molecular formula is C18H15FN4O3. The maximum atomic E-state index is 13.1. The van der Waals surface area contributed by atoms with E-state index in [4.69, 9.17) is 0 Å². The Morgan fingerprint density at radius 2 is 1.85 bits per heavy atom. The minimum absolute atomic E-state index is 0.109. The van der Waals surface area contributed by atoms with E-state index in [1.54, 1.807) is 30.3 Å². The zero-order chi connectivity index (χ0) is 18.5. The van der Waals surface area contributed by atoms with Crippen LogP contribution in [-0.4, -0.2) is 26.7 Å². The Morgan fingerprint density at radius 3 is 2.58 bits per heavy atom. The number of nitrogens with one attached hydrogen (secondary N) is 2. The summed E-state index contributed by atoms with van der Waals surface area (Å²) in [6, 6.07) is 14.5. The first kappa shape index (κ1) is 17.2. The molecule has 0 radical (unpaired) electrons. The number of benzene rings is 2. The Bertz CT molecular complexity index is 941. The van der Waals surface area contributed by atoms with Gasteiger partial charge in [-0.2, -0.15) is 5.10 Å². The summed E-state index contributed by atoms with van der Waals surface area (Å²) in [7, 11) is 0. The lowest BCUT2D eigenvalue weighted by atomic mass is 10.1. The molecule has 0 saturated carbocycles. The second-order valence-electron chi connectivity index (χ2n) is 5.45. The van der Waals surface area contributed by atoms with E-state index < -0.39 is 17.6 Å². The topological polar surface area (TPSA) is 96.3 Å². The van der Waals surface area contributed by atoms with Crippen molar-refractivity contribution in [3.63, 3.8) is 0 Å². The highest BCUT2D eigenvalue weighted by Gasteiger charge is 2.17. The number of aromatic nitrogens is 2. The molecule has 0 spiro atoms. The third kappa shape index (κ3) is 4.04. The van der Waals surface area contributed by atoms with Gasteiger partial charge in [0.25, 0.3) is 5.91 Å². The summed E-state index contributed by atoms with van der Waals surface area (Å²) in [6.45, 7) is 0. The lowest BCUT2D eigenvalue weighted by molar-refractivity contribution is -0.121. The third-order valence-corrected chi connectivity index (χ3v) is 3.50. The Balaban J connectivity index is 1.61. The minimum Gasteiger partial charge on any atom is -0.504 e. The van der Waals surface area contributed by atoms with Gasteiger partial charge >= 0.3 is 0 Å². The van der Waals surface area contributed by atoms with E-state index in [1.807, 2.05) is 6.07 Å². The van der Waals surface area contributed by atoms with Crippen LogP contribution in [-0.2, 0) is 11.2 Å². The molecule has 26 heavy (non-hydrogen) atoms. The van der Waals surface area contributed by atoms with Gasteiger partial charge in [-0.1, -0.05) is 30.3 Å². The third-order valence-electron chi connectivity index (χ3n) is 3.50. The Hall–Kier alpha value is -3.68. The quantitative estimate of drug-likeness (QED) is 0.622. The second kappa shape index (κ2) is 7.47. The first-order valence-electron chi connectivity index (χ1n) is 7.70. The largest absolute Gasteiger partial charge is 0.504 e. The fraction of sp³-hybridized carbons (Fsp3) is 0.0556. The number of hydrazine groups is 1.